The molecule has 178 valence electrons. The van der Waals surface area contributed by atoms with Crippen LogP contribution in [0.2, 0.25) is 0 Å². The molecule has 2 fully saturated rings. The fourth-order valence-corrected chi connectivity index (χ4v) is 5.43. The molecule has 0 saturated carbocycles. The Bertz CT molecular complexity index is 1250. The lowest BCUT2D eigenvalue weighted by Crippen LogP contribution is -2.40. The molecule has 0 spiro atoms. The van der Waals surface area contributed by atoms with Crippen LogP contribution in [-0.2, 0) is 19.7 Å². The Morgan fingerprint density at radius 2 is 1.76 bits per heavy atom. The van der Waals surface area contributed by atoms with Gasteiger partial charge in [0.05, 0.1) is 12.0 Å². The van der Waals surface area contributed by atoms with Crippen molar-refractivity contribution in [2.45, 2.75) is 17.7 Å². The second kappa shape index (κ2) is 9.90. The first-order valence-electron chi connectivity index (χ1n) is 10.5. The van der Waals surface area contributed by atoms with E-state index in [0.29, 0.717) is 24.9 Å². The van der Waals surface area contributed by atoms with Gasteiger partial charge in [-0.2, -0.15) is 8.42 Å². The van der Waals surface area contributed by atoms with Gasteiger partial charge < -0.3 is 13.8 Å². The van der Waals surface area contributed by atoms with Crippen LogP contribution in [0, 0.1) is 0 Å². The number of ether oxygens (including phenoxy) is 1. The lowest BCUT2D eigenvalue weighted by atomic mass is 10.1. The number of hydrogen-bond acceptors (Lipinski definition) is 8. The van der Waals surface area contributed by atoms with E-state index in [2.05, 4.69) is 0 Å². The predicted octanol–water partition coefficient (Wildman–Crippen LogP) is 3.12. The Kier molecular flexibility index (Phi) is 6.94. The van der Waals surface area contributed by atoms with E-state index in [1.165, 1.54) is 31.4 Å². The molecule has 34 heavy (non-hydrogen) atoms. The summed E-state index contributed by atoms with van der Waals surface area (Å²) in [7, 11) is -2.83. The monoisotopic (exact) mass is 502 g/mol. The van der Waals surface area contributed by atoms with Crippen LogP contribution in [0.5, 0.6) is 11.5 Å². The van der Waals surface area contributed by atoms with E-state index in [-0.39, 0.29) is 39.3 Å². The lowest BCUT2D eigenvalue weighted by molar-refractivity contribution is -0.135. The van der Waals surface area contributed by atoms with E-state index >= 15 is 0 Å². The number of rotatable bonds is 7. The second-order valence-corrected chi connectivity index (χ2v) is 10.1. The van der Waals surface area contributed by atoms with Gasteiger partial charge in [-0.25, -0.2) is 0 Å². The van der Waals surface area contributed by atoms with Crippen molar-refractivity contribution in [2.24, 2.45) is 0 Å². The van der Waals surface area contributed by atoms with Crippen molar-refractivity contribution in [3.63, 3.8) is 0 Å². The molecule has 2 heterocycles. The normalized spacial score (nSPS) is 17.5. The highest BCUT2D eigenvalue weighted by Gasteiger charge is 2.37. The van der Waals surface area contributed by atoms with Gasteiger partial charge in [0.1, 0.15) is 11.4 Å². The van der Waals surface area contributed by atoms with Gasteiger partial charge in [-0.15, -0.1) is 0 Å². The van der Waals surface area contributed by atoms with Gasteiger partial charge in [0.25, 0.3) is 11.1 Å². The number of likely N-dealkylation sites (tertiary alicyclic amines) is 1. The topological polar surface area (TPSA) is 110 Å². The largest absolute Gasteiger partial charge is 0.493 e. The quantitative estimate of drug-likeness (QED) is 0.420. The van der Waals surface area contributed by atoms with E-state index in [9.17, 15) is 22.8 Å². The zero-order valence-corrected chi connectivity index (χ0v) is 19.9. The molecule has 0 unspecified atom stereocenters. The fraction of sp³-hybridized carbons (Fsp3) is 0.261. The van der Waals surface area contributed by atoms with Gasteiger partial charge in [-0.1, -0.05) is 30.3 Å². The molecule has 0 N–H and O–H groups in total. The van der Waals surface area contributed by atoms with Crippen molar-refractivity contribution in [2.75, 3.05) is 26.7 Å². The van der Waals surface area contributed by atoms with Gasteiger partial charge in [-0.05, 0) is 48.9 Å². The highest BCUT2D eigenvalue weighted by molar-refractivity contribution is 8.18. The van der Waals surface area contributed by atoms with Crippen LogP contribution in [-0.4, -0.2) is 62.0 Å². The van der Waals surface area contributed by atoms with E-state index in [4.69, 9.17) is 8.92 Å². The number of methoxy groups -OCH3 is 1. The average molecular weight is 503 g/mol. The van der Waals surface area contributed by atoms with Crippen LogP contribution >= 0.6 is 11.8 Å². The van der Waals surface area contributed by atoms with Crippen LogP contribution in [0.3, 0.4) is 0 Å². The van der Waals surface area contributed by atoms with E-state index in [0.717, 1.165) is 17.7 Å². The Labute approximate surface area is 201 Å². The van der Waals surface area contributed by atoms with Gasteiger partial charge in [0.15, 0.2) is 11.5 Å². The van der Waals surface area contributed by atoms with E-state index < -0.39 is 21.3 Å². The summed E-state index contributed by atoms with van der Waals surface area (Å²) in [4.78, 5) is 40.3. The first-order chi connectivity index (χ1) is 16.3. The maximum absolute atomic E-state index is 12.9. The first-order valence-corrected chi connectivity index (χ1v) is 12.7. The molecule has 11 heteroatoms. The Balaban J connectivity index is 1.62. The summed E-state index contributed by atoms with van der Waals surface area (Å²) in [6, 6.07) is 12.3. The number of carbonyl (C=O) groups is 3. The van der Waals surface area contributed by atoms with Crippen LogP contribution in [0.1, 0.15) is 18.4 Å². The van der Waals surface area contributed by atoms with Crippen molar-refractivity contribution in [3.8, 4) is 11.5 Å². The number of imide groups is 1. The summed E-state index contributed by atoms with van der Waals surface area (Å²) in [5.74, 6) is -0.881. The van der Waals surface area contributed by atoms with Crippen molar-refractivity contribution in [3.05, 3.63) is 59.0 Å². The molecule has 0 aromatic heterocycles. The average Bonchev–Trinajstić information content (AvgIpc) is 3.46. The minimum Gasteiger partial charge on any atom is -0.493 e. The van der Waals surface area contributed by atoms with Crippen LogP contribution in [0.25, 0.3) is 6.08 Å². The molecular weight excluding hydrogens is 480 g/mol. The summed E-state index contributed by atoms with van der Waals surface area (Å²) >= 11 is 0.680. The third kappa shape index (κ3) is 4.95. The summed E-state index contributed by atoms with van der Waals surface area (Å²) < 4.78 is 36.3. The van der Waals surface area contributed by atoms with E-state index in [1.54, 1.807) is 35.2 Å². The third-order valence-electron chi connectivity index (χ3n) is 5.37. The Morgan fingerprint density at radius 3 is 2.44 bits per heavy atom. The summed E-state index contributed by atoms with van der Waals surface area (Å²) in [6.07, 6.45) is 3.17. The second-order valence-electron chi connectivity index (χ2n) is 7.58. The summed E-state index contributed by atoms with van der Waals surface area (Å²) in [5, 5.41) is -0.564. The minimum atomic E-state index is -4.19. The van der Waals surface area contributed by atoms with Gasteiger partial charge in [0.2, 0.25) is 5.91 Å². The third-order valence-corrected chi connectivity index (χ3v) is 7.51. The lowest BCUT2D eigenvalue weighted by Gasteiger charge is -2.18. The standard InChI is InChI=1S/C23H22N2O7S2/c1-31-18-11-7-8-16(21(18)32-34(29,30)17-9-3-2-4-10-17)14-19-22(27)25(23(28)33-19)15-20(26)24-12-5-6-13-24/h2-4,7-11,14H,5-6,12-13,15H2,1H3/b19-14-. The molecule has 2 aromatic carbocycles. The molecule has 0 radical (unpaired) electrons. The summed E-state index contributed by atoms with van der Waals surface area (Å²) in [5.41, 5.74) is 0.232. The number of benzene rings is 2. The van der Waals surface area contributed by atoms with Crippen molar-refractivity contribution in [1.82, 2.24) is 9.80 Å². The molecule has 9 nitrogen and oxygen atoms in total. The molecule has 2 aliphatic rings. The number of carbonyl (C=O) groups excluding carboxylic acids is 3. The molecule has 0 atom stereocenters. The minimum absolute atomic E-state index is 0.0485. The first kappa shape index (κ1) is 23.8. The van der Waals surface area contributed by atoms with Gasteiger partial charge >= 0.3 is 10.1 Å². The van der Waals surface area contributed by atoms with Crippen molar-refractivity contribution < 1.29 is 31.7 Å². The number of hydrogen-bond donors (Lipinski definition) is 0. The zero-order valence-electron chi connectivity index (χ0n) is 18.3. The van der Waals surface area contributed by atoms with Gasteiger partial charge in [-0.3, -0.25) is 19.3 Å². The SMILES string of the molecule is COc1cccc(/C=C2\SC(=O)N(CC(=O)N3CCCC3)C2=O)c1OS(=O)(=O)c1ccccc1. The summed E-state index contributed by atoms with van der Waals surface area (Å²) in [6.45, 7) is 0.905. The molecular formula is C23H22N2O7S2. The van der Waals surface area contributed by atoms with Crippen LogP contribution in [0.4, 0.5) is 4.79 Å². The molecule has 2 saturated heterocycles. The zero-order chi connectivity index (χ0) is 24.3. The van der Waals surface area contributed by atoms with Crippen LogP contribution in [0.15, 0.2) is 58.3 Å². The molecule has 3 amide bonds. The van der Waals surface area contributed by atoms with Crippen molar-refractivity contribution >= 4 is 45.0 Å². The predicted molar refractivity (Wildman–Crippen MR) is 126 cm³/mol. The molecule has 2 aliphatic heterocycles. The molecule has 0 aliphatic carbocycles. The van der Waals surface area contributed by atoms with Gasteiger partial charge in [0, 0.05) is 18.7 Å². The smallest absolute Gasteiger partial charge is 0.339 e. The number of para-hydroxylation sites is 1. The molecule has 2 aromatic rings. The number of thioether (sulfide) groups is 1. The Morgan fingerprint density at radius 1 is 1.06 bits per heavy atom. The van der Waals surface area contributed by atoms with Crippen molar-refractivity contribution in [1.29, 1.82) is 0 Å². The maximum Gasteiger partial charge on any atom is 0.339 e. The number of nitrogens with zero attached hydrogens (tertiary/aromatic N) is 2. The number of amides is 3. The highest BCUT2D eigenvalue weighted by atomic mass is 32.2. The molecule has 4 rings (SSSR count). The maximum atomic E-state index is 12.9. The van der Waals surface area contributed by atoms with E-state index in [1.807, 2.05) is 0 Å². The highest BCUT2D eigenvalue weighted by Crippen LogP contribution is 2.38. The molecule has 0 bridgehead atoms. The fourth-order valence-electron chi connectivity index (χ4n) is 3.62. The Hall–Kier alpha value is -3.31. The van der Waals surface area contributed by atoms with Crippen LogP contribution < -0.4 is 8.92 Å².